The van der Waals surface area contributed by atoms with Gasteiger partial charge in [0.05, 0.1) is 11.7 Å². The molecule has 0 spiro atoms. The van der Waals surface area contributed by atoms with Crippen LogP contribution in [0.25, 0.3) is 0 Å². The summed E-state index contributed by atoms with van der Waals surface area (Å²) in [5.41, 5.74) is 0.331. The first-order valence-electron chi connectivity index (χ1n) is 7.27. The molecule has 1 aromatic carbocycles. The monoisotopic (exact) mass is 291 g/mol. The average molecular weight is 291 g/mol. The van der Waals surface area contributed by atoms with Crippen molar-refractivity contribution in [3.63, 3.8) is 0 Å². The molecule has 0 aliphatic carbocycles. The number of rotatable bonds is 3. The second-order valence-electron chi connectivity index (χ2n) is 5.54. The van der Waals surface area contributed by atoms with Crippen LogP contribution in [0.2, 0.25) is 0 Å². The van der Waals surface area contributed by atoms with Crippen LogP contribution in [0.15, 0.2) is 43.0 Å². The van der Waals surface area contributed by atoms with Gasteiger partial charge in [0.15, 0.2) is 0 Å². The van der Waals surface area contributed by atoms with E-state index in [0.29, 0.717) is 17.5 Å². The molecule has 2 N–H and O–H groups in total. The van der Waals surface area contributed by atoms with E-state index in [1.807, 2.05) is 6.08 Å². The maximum absolute atomic E-state index is 10.2. The predicted molar refractivity (Wildman–Crippen MR) is 84.4 cm³/mol. The Balaban J connectivity index is 0.000000219. The Kier molecular flexibility index (Phi) is 7.12. The van der Waals surface area contributed by atoms with Crippen molar-refractivity contribution in [2.24, 2.45) is 5.92 Å². The molecule has 4 nitrogen and oxygen atoms in total. The highest BCUT2D eigenvalue weighted by molar-refractivity contribution is 5.87. The molecule has 21 heavy (non-hydrogen) atoms. The van der Waals surface area contributed by atoms with E-state index in [-0.39, 0.29) is 6.10 Å². The van der Waals surface area contributed by atoms with Crippen LogP contribution < -0.4 is 0 Å². The van der Waals surface area contributed by atoms with Gasteiger partial charge in [-0.1, -0.05) is 31.2 Å². The highest BCUT2D eigenvalue weighted by Crippen LogP contribution is 2.21. The summed E-state index contributed by atoms with van der Waals surface area (Å²) in [6, 6.07) is 8.79. The normalized spacial score (nSPS) is 25.6. The third-order valence-corrected chi connectivity index (χ3v) is 3.77. The molecule has 0 bridgehead atoms. The lowest BCUT2D eigenvalue weighted by atomic mass is 9.92. The van der Waals surface area contributed by atoms with E-state index < -0.39 is 5.97 Å². The number of piperidine rings is 1. The maximum Gasteiger partial charge on any atom is 0.335 e. The first-order chi connectivity index (χ1) is 9.95. The van der Waals surface area contributed by atoms with Gasteiger partial charge < -0.3 is 10.2 Å². The Labute approximate surface area is 126 Å². The number of aliphatic hydroxyl groups excluding tert-OH is 1. The van der Waals surface area contributed by atoms with Gasteiger partial charge in [-0.15, -0.1) is 6.58 Å². The summed E-state index contributed by atoms with van der Waals surface area (Å²) in [6.45, 7) is 9.94. The van der Waals surface area contributed by atoms with Crippen molar-refractivity contribution in [3.8, 4) is 0 Å². The van der Waals surface area contributed by atoms with Gasteiger partial charge in [-0.25, -0.2) is 4.79 Å². The Hall–Kier alpha value is -1.65. The quantitative estimate of drug-likeness (QED) is 0.841. The molecule has 4 heteroatoms. The van der Waals surface area contributed by atoms with E-state index in [1.54, 1.807) is 30.3 Å². The summed E-state index contributed by atoms with van der Waals surface area (Å²) in [4.78, 5) is 12.6. The summed E-state index contributed by atoms with van der Waals surface area (Å²) in [7, 11) is 0. The molecule has 0 aromatic heterocycles. The molecule has 2 rings (SSSR count). The molecule has 3 atom stereocenters. The number of likely N-dealkylation sites (tertiary alicyclic amines) is 1. The number of aromatic carboxylic acids is 1. The minimum atomic E-state index is -0.879. The van der Waals surface area contributed by atoms with Crippen molar-refractivity contribution in [2.75, 3.05) is 13.1 Å². The predicted octanol–water partition coefficient (Wildman–Crippen LogP) is 2.65. The second-order valence-corrected chi connectivity index (χ2v) is 5.54. The van der Waals surface area contributed by atoms with Crippen LogP contribution in [0.3, 0.4) is 0 Å². The van der Waals surface area contributed by atoms with Crippen LogP contribution in [0, 0.1) is 5.92 Å². The number of hydrogen-bond acceptors (Lipinski definition) is 3. The molecule has 3 unspecified atom stereocenters. The Morgan fingerprint density at radius 1 is 1.38 bits per heavy atom. The van der Waals surface area contributed by atoms with Gasteiger partial charge in [-0.05, 0) is 31.4 Å². The number of hydrogen-bond donors (Lipinski definition) is 2. The van der Waals surface area contributed by atoms with Crippen LogP contribution in [0.4, 0.5) is 0 Å². The van der Waals surface area contributed by atoms with Gasteiger partial charge in [0.25, 0.3) is 0 Å². The summed E-state index contributed by atoms with van der Waals surface area (Å²) >= 11 is 0. The summed E-state index contributed by atoms with van der Waals surface area (Å²) in [5.74, 6) is -0.475. The molecule has 0 radical (unpaired) electrons. The highest BCUT2D eigenvalue weighted by Gasteiger charge is 2.28. The fourth-order valence-electron chi connectivity index (χ4n) is 2.40. The molecule has 116 valence electrons. The van der Waals surface area contributed by atoms with E-state index >= 15 is 0 Å². The van der Waals surface area contributed by atoms with Gasteiger partial charge in [0.2, 0.25) is 0 Å². The lowest BCUT2D eigenvalue weighted by Crippen LogP contribution is -2.47. The Morgan fingerprint density at radius 2 is 2.00 bits per heavy atom. The zero-order chi connectivity index (χ0) is 15.8. The van der Waals surface area contributed by atoms with Gasteiger partial charge in [0, 0.05) is 19.1 Å². The van der Waals surface area contributed by atoms with Gasteiger partial charge in [-0.2, -0.15) is 0 Å². The molecule has 1 heterocycles. The van der Waals surface area contributed by atoms with E-state index in [9.17, 15) is 9.90 Å². The molecule has 0 saturated carbocycles. The SMILES string of the molecule is C=CCN1CC(C)C(O)CC1C.O=C(O)c1ccccc1. The van der Waals surface area contributed by atoms with Gasteiger partial charge in [0.1, 0.15) is 0 Å². The molecule has 1 aromatic rings. The molecule has 1 aliphatic heterocycles. The largest absolute Gasteiger partial charge is 0.478 e. The Morgan fingerprint density at radius 3 is 2.48 bits per heavy atom. The number of carbonyl (C=O) groups is 1. The van der Waals surface area contributed by atoms with Crippen molar-refractivity contribution in [1.82, 2.24) is 4.90 Å². The number of benzene rings is 1. The van der Waals surface area contributed by atoms with Crippen LogP contribution in [-0.4, -0.2) is 46.3 Å². The van der Waals surface area contributed by atoms with E-state index in [1.165, 1.54) is 0 Å². The van der Waals surface area contributed by atoms with Gasteiger partial charge >= 0.3 is 5.97 Å². The Bertz CT molecular complexity index is 447. The zero-order valence-electron chi connectivity index (χ0n) is 12.8. The van der Waals surface area contributed by atoms with Crippen molar-refractivity contribution in [3.05, 3.63) is 48.6 Å². The van der Waals surface area contributed by atoms with Crippen molar-refractivity contribution in [2.45, 2.75) is 32.4 Å². The van der Waals surface area contributed by atoms with Crippen LogP contribution in [-0.2, 0) is 0 Å². The molecular weight excluding hydrogens is 266 g/mol. The molecule has 0 amide bonds. The summed E-state index contributed by atoms with van der Waals surface area (Å²) < 4.78 is 0. The number of aliphatic hydroxyl groups is 1. The van der Waals surface area contributed by atoms with Crippen LogP contribution in [0.5, 0.6) is 0 Å². The molecular formula is C17H25NO3. The van der Waals surface area contributed by atoms with Crippen LogP contribution >= 0.6 is 0 Å². The first kappa shape index (κ1) is 17.4. The molecule has 1 saturated heterocycles. The number of carboxylic acids is 1. The zero-order valence-corrected chi connectivity index (χ0v) is 12.8. The smallest absolute Gasteiger partial charge is 0.335 e. The number of nitrogens with zero attached hydrogens (tertiary/aromatic N) is 1. The fourth-order valence-corrected chi connectivity index (χ4v) is 2.40. The van der Waals surface area contributed by atoms with Gasteiger partial charge in [-0.3, -0.25) is 4.90 Å². The minimum Gasteiger partial charge on any atom is -0.478 e. The summed E-state index contributed by atoms with van der Waals surface area (Å²) in [5, 5.41) is 18.0. The van der Waals surface area contributed by atoms with Crippen molar-refractivity contribution >= 4 is 5.97 Å². The van der Waals surface area contributed by atoms with Crippen molar-refractivity contribution in [1.29, 1.82) is 0 Å². The molecule has 1 aliphatic rings. The standard InChI is InChI=1S/C10H19NO.C7H6O2/c1-4-5-11-7-8(2)10(12)6-9(11)3;8-7(9)6-4-2-1-3-5-6/h4,8-10,12H,1,5-7H2,2-3H3;1-5H,(H,8,9). The topological polar surface area (TPSA) is 60.8 Å². The average Bonchev–Trinajstić information content (AvgIpc) is 2.46. The lowest BCUT2D eigenvalue weighted by molar-refractivity contribution is 0.0109. The molecule has 1 fully saturated rings. The first-order valence-corrected chi connectivity index (χ1v) is 7.27. The third kappa shape index (κ3) is 5.69. The van der Waals surface area contributed by atoms with E-state index in [2.05, 4.69) is 25.3 Å². The van der Waals surface area contributed by atoms with Crippen molar-refractivity contribution < 1.29 is 15.0 Å². The number of carboxylic acid groups (broad SMARTS) is 1. The van der Waals surface area contributed by atoms with E-state index in [4.69, 9.17) is 5.11 Å². The lowest BCUT2D eigenvalue weighted by Gasteiger charge is -2.39. The summed E-state index contributed by atoms with van der Waals surface area (Å²) in [6.07, 6.45) is 2.72. The van der Waals surface area contributed by atoms with Crippen LogP contribution in [0.1, 0.15) is 30.6 Å². The minimum absolute atomic E-state index is 0.110. The fraction of sp³-hybridized carbons (Fsp3) is 0.471. The second kappa shape index (κ2) is 8.60. The van der Waals surface area contributed by atoms with E-state index in [0.717, 1.165) is 19.5 Å². The third-order valence-electron chi connectivity index (χ3n) is 3.77. The maximum atomic E-state index is 10.2. The highest BCUT2D eigenvalue weighted by atomic mass is 16.4.